The molecule has 0 amide bonds. The fourth-order valence-corrected chi connectivity index (χ4v) is 2.90. The third kappa shape index (κ3) is 2.57. The van der Waals surface area contributed by atoms with Gasteiger partial charge in [-0.3, -0.25) is 0 Å². The number of fused-ring (bicyclic) bond motifs is 1. The van der Waals surface area contributed by atoms with Crippen LogP contribution >= 0.6 is 11.6 Å². The van der Waals surface area contributed by atoms with E-state index in [9.17, 15) is 9.50 Å². The number of hydrogen-bond donors (Lipinski definition) is 2. The van der Waals surface area contributed by atoms with Crippen molar-refractivity contribution in [2.45, 2.75) is 25.1 Å². The Morgan fingerprint density at radius 2 is 2.05 bits per heavy atom. The minimum Gasteiger partial charge on any atom is -0.391 e. The Labute approximate surface area is 122 Å². The zero-order valence-corrected chi connectivity index (χ0v) is 11.6. The van der Waals surface area contributed by atoms with E-state index < -0.39 is 11.9 Å². The first-order valence-electron chi connectivity index (χ1n) is 6.58. The Morgan fingerprint density at radius 3 is 2.85 bits per heavy atom. The lowest BCUT2D eigenvalue weighted by atomic mass is 10.1. The molecule has 0 spiro atoms. The second kappa shape index (κ2) is 5.52. The second-order valence-electron chi connectivity index (χ2n) is 5.08. The highest BCUT2D eigenvalue weighted by Gasteiger charge is 2.29. The predicted molar refractivity (Wildman–Crippen MR) is 77.1 cm³/mol. The van der Waals surface area contributed by atoms with E-state index in [1.165, 1.54) is 11.6 Å². The first-order valence-corrected chi connectivity index (χ1v) is 6.96. The summed E-state index contributed by atoms with van der Waals surface area (Å²) < 4.78 is 13.1. The van der Waals surface area contributed by atoms with Gasteiger partial charge in [-0.2, -0.15) is 0 Å². The van der Waals surface area contributed by atoms with Crippen LogP contribution in [-0.4, -0.2) is 11.2 Å². The first kappa shape index (κ1) is 13.6. The fourth-order valence-electron chi connectivity index (χ4n) is 2.70. The van der Waals surface area contributed by atoms with Gasteiger partial charge in [-0.15, -0.1) is 0 Å². The molecule has 2 aromatic carbocycles. The maximum atomic E-state index is 13.1. The van der Waals surface area contributed by atoms with Crippen LogP contribution in [0, 0.1) is 5.82 Å². The van der Waals surface area contributed by atoms with Crippen molar-refractivity contribution in [3.8, 4) is 0 Å². The van der Waals surface area contributed by atoms with Crippen molar-refractivity contribution < 1.29 is 9.50 Å². The molecule has 0 unspecified atom stereocenters. The standard InChI is InChI=1S/C16H15ClFNO/c17-13-7-10(5-6-14(13)18)9-19-16-12-4-2-1-3-11(12)8-15(16)20/h1-7,15-16,19-20H,8-9H2/t15-,16+/m0/s1. The maximum Gasteiger partial charge on any atom is 0.141 e. The van der Waals surface area contributed by atoms with E-state index in [2.05, 4.69) is 5.32 Å². The SMILES string of the molecule is O[C@H]1Cc2ccccc2[C@H]1NCc1ccc(F)c(Cl)c1. The molecule has 0 aliphatic heterocycles. The number of aliphatic hydroxyl groups is 1. The molecule has 3 rings (SSSR count). The van der Waals surface area contributed by atoms with Crippen LogP contribution in [0.5, 0.6) is 0 Å². The van der Waals surface area contributed by atoms with E-state index >= 15 is 0 Å². The van der Waals surface area contributed by atoms with Gasteiger partial charge in [0.2, 0.25) is 0 Å². The molecule has 0 saturated heterocycles. The van der Waals surface area contributed by atoms with Crippen LogP contribution in [0.1, 0.15) is 22.7 Å². The molecule has 2 N–H and O–H groups in total. The smallest absolute Gasteiger partial charge is 0.141 e. The number of hydrogen-bond acceptors (Lipinski definition) is 2. The molecule has 20 heavy (non-hydrogen) atoms. The Hall–Kier alpha value is -1.42. The highest BCUT2D eigenvalue weighted by Crippen LogP contribution is 2.31. The van der Waals surface area contributed by atoms with Gasteiger partial charge in [0.25, 0.3) is 0 Å². The van der Waals surface area contributed by atoms with E-state index in [1.54, 1.807) is 12.1 Å². The van der Waals surface area contributed by atoms with Crippen molar-refractivity contribution in [2.75, 3.05) is 0 Å². The van der Waals surface area contributed by atoms with Crippen molar-refractivity contribution in [1.82, 2.24) is 5.32 Å². The molecular weight excluding hydrogens is 277 g/mol. The number of nitrogens with one attached hydrogen (secondary N) is 1. The maximum absolute atomic E-state index is 13.1. The van der Waals surface area contributed by atoms with Crippen molar-refractivity contribution in [2.24, 2.45) is 0 Å². The van der Waals surface area contributed by atoms with Gasteiger partial charge in [0, 0.05) is 13.0 Å². The summed E-state index contributed by atoms with van der Waals surface area (Å²) in [6.07, 6.45) is 0.237. The highest BCUT2D eigenvalue weighted by molar-refractivity contribution is 6.30. The lowest BCUT2D eigenvalue weighted by Gasteiger charge is -2.18. The van der Waals surface area contributed by atoms with Gasteiger partial charge in [-0.1, -0.05) is 41.9 Å². The molecule has 4 heteroatoms. The summed E-state index contributed by atoms with van der Waals surface area (Å²) in [4.78, 5) is 0. The van der Waals surface area contributed by atoms with Crippen LogP contribution in [0.25, 0.3) is 0 Å². The minimum atomic E-state index is -0.427. The van der Waals surface area contributed by atoms with Gasteiger partial charge >= 0.3 is 0 Å². The molecule has 2 aromatic rings. The topological polar surface area (TPSA) is 32.3 Å². The Morgan fingerprint density at radius 1 is 1.25 bits per heavy atom. The molecular formula is C16H15ClFNO. The predicted octanol–water partition coefficient (Wildman–Crippen LogP) is 3.23. The Kier molecular flexibility index (Phi) is 3.74. The summed E-state index contributed by atoms with van der Waals surface area (Å²) in [7, 11) is 0. The van der Waals surface area contributed by atoms with Gasteiger partial charge < -0.3 is 10.4 Å². The summed E-state index contributed by atoms with van der Waals surface area (Å²) in [6.45, 7) is 0.538. The van der Waals surface area contributed by atoms with E-state index in [0.29, 0.717) is 13.0 Å². The molecule has 0 aromatic heterocycles. The molecule has 0 saturated carbocycles. The van der Waals surface area contributed by atoms with Crippen LogP contribution in [0.4, 0.5) is 4.39 Å². The average molecular weight is 292 g/mol. The van der Waals surface area contributed by atoms with E-state index in [0.717, 1.165) is 11.1 Å². The van der Waals surface area contributed by atoms with Gasteiger partial charge in [0.1, 0.15) is 5.82 Å². The van der Waals surface area contributed by atoms with Gasteiger partial charge in [-0.05, 0) is 28.8 Å². The Bertz CT molecular complexity index is 632. The van der Waals surface area contributed by atoms with Gasteiger partial charge in [-0.25, -0.2) is 4.39 Å². The molecule has 0 radical (unpaired) electrons. The van der Waals surface area contributed by atoms with Crippen molar-refractivity contribution in [3.63, 3.8) is 0 Å². The quantitative estimate of drug-likeness (QED) is 0.910. The number of aliphatic hydroxyl groups excluding tert-OH is 1. The summed E-state index contributed by atoms with van der Waals surface area (Å²) in [5.74, 6) is -0.415. The summed E-state index contributed by atoms with van der Waals surface area (Å²) >= 11 is 5.77. The lowest BCUT2D eigenvalue weighted by molar-refractivity contribution is 0.140. The van der Waals surface area contributed by atoms with E-state index in [1.807, 2.05) is 24.3 Å². The zero-order chi connectivity index (χ0) is 14.1. The Balaban J connectivity index is 1.74. The second-order valence-corrected chi connectivity index (χ2v) is 5.48. The molecule has 1 aliphatic carbocycles. The number of benzene rings is 2. The lowest BCUT2D eigenvalue weighted by Crippen LogP contribution is -2.28. The zero-order valence-electron chi connectivity index (χ0n) is 10.8. The molecule has 2 nitrogen and oxygen atoms in total. The number of rotatable bonds is 3. The third-order valence-electron chi connectivity index (χ3n) is 3.71. The molecule has 0 fully saturated rings. The third-order valence-corrected chi connectivity index (χ3v) is 4.00. The average Bonchev–Trinajstić information content (AvgIpc) is 2.76. The highest BCUT2D eigenvalue weighted by atomic mass is 35.5. The van der Waals surface area contributed by atoms with E-state index in [-0.39, 0.29) is 11.1 Å². The molecule has 104 valence electrons. The largest absolute Gasteiger partial charge is 0.391 e. The van der Waals surface area contributed by atoms with Gasteiger partial charge in [0.05, 0.1) is 17.2 Å². The van der Waals surface area contributed by atoms with Crippen LogP contribution in [-0.2, 0) is 13.0 Å². The van der Waals surface area contributed by atoms with Crippen molar-refractivity contribution in [3.05, 3.63) is 70.0 Å². The molecule has 2 atom stereocenters. The monoisotopic (exact) mass is 291 g/mol. The minimum absolute atomic E-state index is 0.0879. The van der Waals surface area contributed by atoms with Gasteiger partial charge in [0.15, 0.2) is 0 Å². The summed E-state index contributed by atoms with van der Waals surface area (Å²) in [5.41, 5.74) is 3.20. The van der Waals surface area contributed by atoms with Crippen molar-refractivity contribution in [1.29, 1.82) is 0 Å². The normalized spacial score (nSPS) is 20.9. The summed E-state index contributed by atoms with van der Waals surface area (Å²) in [6, 6.07) is 12.6. The van der Waals surface area contributed by atoms with E-state index in [4.69, 9.17) is 11.6 Å². The summed E-state index contributed by atoms with van der Waals surface area (Å²) in [5, 5.41) is 13.6. The molecule has 0 bridgehead atoms. The van der Waals surface area contributed by atoms with Crippen molar-refractivity contribution >= 4 is 11.6 Å². The fraction of sp³-hybridized carbons (Fsp3) is 0.250. The van der Waals surface area contributed by atoms with Crippen LogP contribution in [0.3, 0.4) is 0 Å². The van der Waals surface area contributed by atoms with Crippen LogP contribution in [0.15, 0.2) is 42.5 Å². The van der Waals surface area contributed by atoms with Crippen LogP contribution < -0.4 is 5.32 Å². The van der Waals surface area contributed by atoms with Crippen LogP contribution in [0.2, 0.25) is 5.02 Å². The number of halogens is 2. The molecule has 0 heterocycles. The first-order chi connectivity index (χ1) is 9.65. The molecule has 1 aliphatic rings.